The van der Waals surface area contributed by atoms with Gasteiger partial charge in [0.1, 0.15) is 5.75 Å². The molecule has 0 saturated carbocycles. The number of benzene rings is 3. The minimum Gasteiger partial charge on any atom is -0.496 e. The molecule has 0 aliphatic heterocycles. The lowest BCUT2D eigenvalue weighted by Crippen LogP contribution is -2.28. The molecule has 2 amide bonds. The molecule has 0 heterocycles. The van der Waals surface area contributed by atoms with E-state index in [1.807, 2.05) is 44.2 Å². The number of ether oxygens (including phenoxy) is 1. The summed E-state index contributed by atoms with van der Waals surface area (Å²) in [6.45, 7) is 4.62. The smallest absolute Gasteiger partial charge is 0.259 e. The van der Waals surface area contributed by atoms with Gasteiger partial charge in [-0.05, 0) is 41.0 Å². The van der Waals surface area contributed by atoms with Crippen LogP contribution in [0.15, 0.2) is 60.7 Å². The molecule has 5 heteroatoms. The third-order valence-corrected chi connectivity index (χ3v) is 4.40. The van der Waals surface area contributed by atoms with Gasteiger partial charge < -0.3 is 15.4 Å². The molecule has 0 aliphatic rings. The van der Waals surface area contributed by atoms with E-state index in [0.717, 1.165) is 10.8 Å². The van der Waals surface area contributed by atoms with Gasteiger partial charge in [-0.1, -0.05) is 50.2 Å². The van der Waals surface area contributed by atoms with Gasteiger partial charge in [0.15, 0.2) is 0 Å². The summed E-state index contributed by atoms with van der Waals surface area (Å²) in [7, 11) is 1.54. The van der Waals surface area contributed by atoms with Gasteiger partial charge in [-0.2, -0.15) is 0 Å². The zero-order valence-electron chi connectivity index (χ0n) is 16.3. The molecule has 0 fully saturated rings. The number of hydrogen-bond donors (Lipinski definition) is 2. The molecule has 28 heavy (non-hydrogen) atoms. The second-order valence-corrected chi connectivity index (χ2v) is 7.00. The van der Waals surface area contributed by atoms with Gasteiger partial charge in [-0.25, -0.2) is 0 Å². The van der Waals surface area contributed by atoms with Crippen molar-refractivity contribution in [2.24, 2.45) is 5.92 Å². The number of methoxy groups -OCH3 is 1. The molecule has 3 rings (SSSR count). The average molecular weight is 376 g/mol. The molecular formula is C23H24N2O3. The van der Waals surface area contributed by atoms with E-state index in [1.165, 1.54) is 7.11 Å². The highest BCUT2D eigenvalue weighted by molar-refractivity contribution is 6.11. The van der Waals surface area contributed by atoms with Crippen LogP contribution in [0.5, 0.6) is 5.75 Å². The summed E-state index contributed by atoms with van der Waals surface area (Å²) in [5, 5.41) is 7.67. The number of amides is 2. The molecule has 144 valence electrons. The third-order valence-electron chi connectivity index (χ3n) is 4.40. The number of carbonyl (C=O) groups is 2. The molecule has 0 atom stereocenters. The molecule has 3 aromatic carbocycles. The van der Waals surface area contributed by atoms with Crippen LogP contribution < -0.4 is 15.4 Å². The van der Waals surface area contributed by atoms with Crippen molar-refractivity contribution in [1.29, 1.82) is 0 Å². The van der Waals surface area contributed by atoms with Crippen molar-refractivity contribution in [2.45, 2.75) is 13.8 Å². The van der Waals surface area contributed by atoms with Crippen molar-refractivity contribution in [1.82, 2.24) is 5.32 Å². The monoisotopic (exact) mass is 376 g/mol. The van der Waals surface area contributed by atoms with E-state index in [4.69, 9.17) is 4.74 Å². The van der Waals surface area contributed by atoms with Gasteiger partial charge in [0.2, 0.25) is 0 Å². The Morgan fingerprint density at radius 1 is 0.893 bits per heavy atom. The lowest BCUT2D eigenvalue weighted by atomic mass is 10.0. The minimum absolute atomic E-state index is 0.213. The van der Waals surface area contributed by atoms with Gasteiger partial charge in [0.05, 0.1) is 23.9 Å². The standard InChI is InChI=1S/C23H24N2O3/c1-15(2)14-24-22(26)18-10-6-7-11-20(18)25-23(27)19-12-16-8-4-5-9-17(16)13-21(19)28-3/h4-13,15H,14H2,1-3H3,(H,24,26)(H,25,27). The molecule has 0 unspecified atom stereocenters. The molecule has 0 bridgehead atoms. The number of hydrogen-bond acceptors (Lipinski definition) is 3. The van der Waals surface area contributed by atoms with Crippen LogP contribution in [0.3, 0.4) is 0 Å². The molecule has 0 aromatic heterocycles. The van der Waals surface area contributed by atoms with E-state index < -0.39 is 0 Å². The normalized spacial score (nSPS) is 10.7. The van der Waals surface area contributed by atoms with E-state index >= 15 is 0 Å². The lowest BCUT2D eigenvalue weighted by Gasteiger charge is -2.14. The predicted octanol–water partition coefficient (Wildman–Crippen LogP) is 4.49. The molecule has 3 aromatic rings. The summed E-state index contributed by atoms with van der Waals surface area (Å²) in [5.74, 6) is 0.285. The third kappa shape index (κ3) is 4.31. The highest BCUT2D eigenvalue weighted by atomic mass is 16.5. The topological polar surface area (TPSA) is 67.4 Å². The van der Waals surface area contributed by atoms with Crippen molar-refractivity contribution < 1.29 is 14.3 Å². The van der Waals surface area contributed by atoms with Crippen molar-refractivity contribution in [3.05, 3.63) is 71.8 Å². The largest absolute Gasteiger partial charge is 0.496 e. The molecular weight excluding hydrogens is 352 g/mol. The first-order chi connectivity index (χ1) is 13.5. The Hall–Kier alpha value is -3.34. The van der Waals surface area contributed by atoms with E-state index in [1.54, 1.807) is 30.3 Å². The van der Waals surface area contributed by atoms with Crippen molar-refractivity contribution in [3.63, 3.8) is 0 Å². The molecule has 0 radical (unpaired) electrons. The van der Waals surface area contributed by atoms with Crippen LogP contribution in [-0.4, -0.2) is 25.5 Å². The summed E-state index contributed by atoms with van der Waals surface area (Å²) in [4.78, 5) is 25.5. The van der Waals surface area contributed by atoms with Crippen LogP contribution in [0.25, 0.3) is 10.8 Å². The molecule has 0 aliphatic carbocycles. The maximum Gasteiger partial charge on any atom is 0.259 e. The Morgan fingerprint density at radius 2 is 1.54 bits per heavy atom. The fourth-order valence-electron chi connectivity index (χ4n) is 2.94. The zero-order chi connectivity index (χ0) is 20.1. The van der Waals surface area contributed by atoms with Gasteiger partial charge in [0.25, 0.3) is 11.8 Å². The van der Waals surface area contributed by atoms with Crippen molar-refractivity contribution >= 4 is 28.3 Å². The first-order valence-corrected chi connectivity index (χ1v) is 9.25. The average Bonchev–Trinajstić information content (AvgIpc) is 2.71. The van der Waals surface area contributed by atoms with E-state index in [0.29, 0.717) is 35.0 Å². The van der Waals surface area contributed by atoms with Crippen LogP contribution in [0.2, 0.25) is 0 Å². The summed E-state index contributed by atoms with van der Waals surface area (Å²) < 4.78 is 5.41. The molecule has 2 N–H and O–H groups in total. The highest BCUT2D eigenvalue weighted by Crippen LogP contribution is 2.27. The van der Waals surface area contributed by atoms with E-state index in [9.17, 15) is 9.59 Å². The van der Waals surface area contributed by atoms with E-state index in [2.05, 4.69) is 10.6 Å². The van der Waals surface area contributed by atoms with Crippen LogP contribution in [0.4, 0.5) is 5.69 Å². The highest BCUT2D eigenvalue weighted by Gasteiger charge is 2.17. The predicted molar refractivity (Wildman–Crippen MR) is 112 cm³/mol. The Balaban J connectivity index is 1.90. The van der Waals surface area contributed by atoms with Crippen LogP contribution in [0.1, 0.15) is 34.6 Å². The zero-order valence-corrected chi connectivity index (χ0v) is 16.3. The number of anilines is 1. The summed E-state index contributed by atoms with van der Waals surface area (Å²) in [5.41, 5.74) is 1.30. The maximum absolute atomic E-state index is 13.0. The van der Waals surface area contributed by atoms with Gasteiger partial charge in [0, 0.05) is 6.54 Å². The Kier molecular flexibility index (Phi) is 5.94. The van der Waals surface area contributed by atoms with Crippen LogP contribution >= 0.6 is 0 Å². The van der Waals surface area contributed by atoms with Crippen LogP contribution in [0, 0.1) is 5.92 Å². The van der Waals surface area contributed by atoms with Gasteiger partial charge >= 0.3 is 0 Å². The SMILES string of the molecule is COc1cc2ccccc2cc1C(=O)Nc1ccccc1C(=O)NCC(C)C. The number of fused-ring (bicyclic) bond motifs is 1. The van der Waals surface area contributed by atoms with Crippen molar-refractivity contribution in [3.8, 4) is 5.75 Å². The number of para-hydroxylation sites is 1. The van der Waals surface area contributed by atoms with Crippen molar-refractivity contribution in [2.75, 3.05) is 19.0 Å². The number of rotatable bonds is 6. The van der Waals surface area contributed by atoms with E-state index in [-0.39, 0.29) is 11.8 Å². The fraction of sp³-hybridized carbons (Fsp3) is 0.217. The summed E-state index contributed by atoms with van der Waals surface area (Å²) >= 11 is 0. The second-order valence-electron chi connectivity index (χ2n) is 7.00. The fourth-order valence-corrected chi connectivity index (χ4v) is 2.94. The molecule has 5 nitrogen and oxygen atoms in total. The Bertz CT molecular complexity index is 1010. The van der Waals surface area contributed by atoms with Gasteiger partial charge in [-0.15, -0.1) is 0 Å². The number of nitrogens with one attached hydrogen (secondary N) is 2. The Morgan fingerprint density at radius 3 is 2.21 bits per heavy atom. The second kappa shape index (κ2) is 8.57. The lowest BCUT2D eigenvalue weighted by molar-refractivity contribution is 0.0950. The Labute approximate surface area is 164 Å². The first kappa shape index (κ1) is 19.4. The van der Waals surface area contributed by atoms with Crippen LogP contribution in [-0.2, 0) is 0 Å². The summed E-state index contributed by atoms with van der Waals surface area (Å²) in [6, 6.07) is 18.4. The maximum atomic E-state index is 13.0. The van der Waals surface area contributed by atoms with Gasteiger partial charge in [-0.3, -0.25) is 9.59 Å². The molecule has 0 saturated heterocycles. The number of carbonyl (C=O) groups excluding carboxylic acids is 2. The minimum atomic E-state index is -0.327. The quantitative estimate of drug-likeness (QED) is 0.666. The first-order valence-electron chi connectivity index (χ1n) is 9.25. The molecule has 0 spiro atoms. The summed E-state index contributed by atoms with van der Waals surface area (Å²) in [6.07, 6.45) is 0.